The maximum Gasteiger partial charge on any atom is 0.407 e. The van der Waals surface area contributed by atoms with Gasteiger partial charge in [0.05, 0.1) is 19.8 Å². The van der Waals surface area contributed by atoms with Gasteiger partial charge in [0, 0.05) is 63.0 Å². The first-order valence-electron chi connectivity index (χ1n) is 14.6. The third-order valence-corrected chi connectivity index (χ3v) is 7.66. The van der Waals surface area contributed by atoms with E-state index in [2.05, 4.69) is 0 Å². The third kappa shape index (κ3) is 8.86. The Morgan fingerprint density at radius 1 is 1.05 bits per heavy atom. The highest BCUT2D eigenvalue weighted by atomic mass is 16.5. The summed E-state index contributed by atoms with van der Waals surface area (Å²) < 4.78 is 16.4. The molecule has 1 aromatic rings. The third-order valence-electron chi connectivity index (χ3n) is 7.66. The molecule has 228 valence electrons. The van der Waals surface area contributed by atoms with Crippen LogP contribution in [0.5, 0.6) is 11.5 Å². The number of allylic oxidation sites excluding steroid dienone is 1. The lowest BCUT2D eigenvalue weighted by atomic mass is 9.93. The number of hydrogen-bond acceptors (Lipinski definition) is 6. The molecule has 0 radical (unpaired) electrons. The zero-order valence-electron chi connectivity index (χ0n) is 25.4. The Morgan fingerprint density at radius 3 is 2.34 bits per heavy atom. The predicted octanol–water partition coefficient (Wildman–Crippen LogP) is 4.82. The number of methoxy groups -OCH3 is 2. The molecule has 3 rings (SSSR count). The number of amides is 3. The first-order valence-corrected chi connectivity index (χ1v) is 14.6. The first kappa shape index (κ1) is 32.2. The lowest BCUT2D eigenvalue weighted by Crippen LogP contribution is -2.57. The lowest BCUT2D eigenvalue weighted by molar-refractivity contribution is -0.126. The summed E-state index contributed by atoms with van der Waals surface area (Å²) in [7, 11) is 3.19. The van der Waals surface area contributed by atoms with Gasteiger partial charge in [-0.15, -0.1) is 0 Å². The lowest BCUT2D eigenvalue weighted by Gasteiger charge is -2.44. The molecule has 1 aromatic carbocycles. The second-order valence-corrected chi connectivity index (χ2v) is 11.5. The highest BCUT2D eigenvalue weighted by Gasteiger charge is 2.38. The van der Waals surface area contributed by atoms with Gasteiger partial charge in [-0.3, -0.25) is 9.59 Å². The molecule has 3 amide bonds. The Balaban J connectivity index is 1.72. The standard InChI is InChI=1S/C31H47N3O7/c1-21(2)18-29(35)32(24-9-10-24)15-14-25-11-12-26(20-33(25)31(37)38)34(22(3)4)30(36)23-8-13-27(40-6)28(19-23)41-17-7-16-39-5/h8,13,18-19,22,24-26H,7,9-12,14-17,20H2,1-6H3,(H,37,38)/t25-,26-/m1/s1. The summed E-state index contributed by atoms with van der Waals surface area (Å²) in [5.41, 5.74) is 1.41. The number of hydrogen-bond donors (Lipinski definition) is 1. The second kappa shape index (κ2) is 15.1. The number of piperidine rings is 1. The molecular formula is C31H47N3O7. The number of rotatable bonds is 14. The summed E-state index contributed by atoms with van der Waals surface area (Å²) in [5, 5.41) is 10.1. The van der Waals surface area contributed by atoms with E-state index in [-0.39, 0.29) is 42.5 Å². The highest BCUT2D eigenvalue weighted by Crippen LogP contribution is 2.32. The fourth-order valence-corrected chi connectivity index (χ4v) is 5.53. The Labute approximate surface area is 244 Å². The van der Waals surface area contributed by atoms with Gasteiger partial charge in [-0.2, -0.15) is 0 Å². The van der Waals surface area contributed by atoms with Gasteiger partial charge in [-0.1, -0.05) is 5.57 Å². The van der Waals surface area contributed by atoms with Crippen LogP contribution < -0.4 is 9.47 Å². The van der Waals surface area contributed by atoms with Gasteiger partial charge in [0.2, 0.25) is 5.91 Å². The van der Waals surface area contributed by atoms with Crippen molar-refractivity contribution >= 4 is 17.9 Å². The maximum absolute atomic E-state index is 13.8. The van der Waals surface area contributed by atoms with E-state index in [0.717, 1.165) is 18.4 Å². The Bertz CT molecular complexity index is 1080. The molecule has 0 unspecified atom stereocenters. The molecule has 2 fully saturated rings. The quantitative estimate of drug-likeness (QED) is 0.251. The molecule has 1 heterocycles. The number of benzene rings is 1. The number of ether oxygens (including phenoxy) is 3. The van der Waals surface area contributed by atoms with E-state index in [9.17, 15) is 19.5 Å². The molecule has 0 aromatic heterocycles. The Hall–Kier alpha value is -3.27. The van der Waals surface area contributed by atoms with Crippen molar-refractivity contribution in [1.29, 1.82) is 0 Å². The Morgan fingerprint density at radius 2 is 1.76 bits per heavy atom. The summed E-state index contributed by atoms with van der Waals surface area (Å²) in [6, 6.07) is 4.77. The van der Waals surface area contributed by atoms with Crippen molar-refractivity contribution < 1.29 is 33.7 Å². The summed E-state index contributed by atoms with van der Waals surface area (Å²) >= 11 is 0. The van der Waals surface area contributed by atoms with Gasteiger partial charge < -0.3 is 34.0 Å². The van der Waals surface area contributed by atoms with Crippen LogP contribution in [0.3, 0.4) is 0 Å². The van der Waals surface area contributed by atoms with E-state index in [1.165, 1.54) is 4.90 Å². The minimum atomic E-state index is -0.999. The average Bonchev–Trinajstić information content (AvgIpc) is 3.76. The van der Waals surface area contributed by atoms with Crippen molar-refractivity contribution in [1.82, 2.24) is 14.7 Å². The van der Waals surface area contributed by atoms with E-state index in [4.69, 9.17) is 14.2 Å². The van der Waals surface area contributed by atoms with E-state index in [0.29, 0.717) is 62.5 Å². The smallest absolute Gasteiger partial charge is 0.407 e. The number of carboxylic acid groups (broad SMARTS) is 1. The van der Waals surface area contributed by atoms with Crippen LogP contribution in [-0.4, -0.2) is 102 Å². The summed E-state index contributed by atoms with van der Waals surface area (Å²) in [6.07, 6.45) is 5.23. The predicted molar refractivity (Wildman–Crippen MR) is 157 cm³/mol. The topological polar surface area (TPSA) is 109 Å². The highest BCUT2D eigenvalue weighted by molar-refractivity contribution is 5.95. The molecular weight excluding hydrogens is 526 g/mol. The van der Waals surface area contributed by atoms with Crippen LogP contribution in [-0.2, 0) is 9.53 Å². The summed E-state index contributed by atoms with van der Waals surface area (Å²) in [4.78, 5) is 44.1. The van der Waals surface area contributed by atoms with Crippen LogP contribution in [0.25, 0.3) is 0 Å². The molecule has 41 heavy (non-hydrogen) atoms. The van der Waals surface area contributed by atoms with Gasteiger partial charge in [-0.25, -0.2) is 4.79 Å². The zero-order chi connectivity index (χ0) is 30.1. The van der Waals surface area contributed by atoms with Gasteiger partial charge in [0.1, 0.15) is 0 Å². The number of carbonyl (C=O) groups is 3. The van der Waals surface area contributed by atoms with Gasteiger partial charge in [0.15, 0.2) is 11.5 Å². The number of nitrogens with zero attached hydrogens (tertiary/aromatic N) is 3. The average molecular weight is 574 g/mol. The minimum Gasteiger partial charge on any atom is -0.493 e. The van der Waals surface area contributed by atoms with Gasteiger partial charge in [-0.05, 0) is 78.0 Å². The van der Waals surface area contributed by atoms with E-state index in [1.807, 2.05) is 32.6 Å². The Kier molecular flexibility index (Phi) is 11.9. The molecule has 0 bridgehead atoms. The molecule has 2 aliphatic rings. The normalized spacial score (nSPS) is 18.6. The van der Waals surface area contributed by atoms with Crippen LogP contribution in [0.2, 0.25) is 0 Å². The number of carbonyl (C=O) groups excluding carboxylic acids is 2. The minimum absolute atomic E-state index is 0.00109. The monoisotopic (exact) mass is 573 g/mol. The molecule has 1 N–H and O–H groups in total. The van der Waals surface area contributed by atoms with Crippen LogP contribution in [0.15, 0.2) is 29.8 Å². The second-order valence-electron chi connectivity index (χ2n) is 11.5. The van der Waals surface area contributed by atoms with Crippen molar-refractivity contribution in [2.75, 3.05) is 40.5 Å². The maximum atomic E-state index is 13.8. The fraction of sp³-hybridized carbons (Fsp3) is 0.645. The number of likely N-dealkylation sites (tertiary alicyclic amines) is 1. The van der Waals surface area contributed by atoms with Crippen molar-refractivity contribution in [3.05, 3.63) is 35.4 Å². The van der Waals surface area contributed by atoms with Crippen LogP contribution >= 0.6 is 0 Å². The van der Waals surface area contributed by atoms with Gasteiger partial charge >= 0.3 is 6.09 Å². The van der Waals surface area contributed by atoms with Crippen LogP contribution in [0.4, 0.5) is 4.79 Å². The largest absolute Gasteiger partial charge is 0.493 e. The van der Waals surface area contributed by atoms with Crippen molar-refractivity contribution in [3.8, 4) is 11.5 Å². The van der Waals surface area contributed by atoms with E-state index in [1.54, 1.807) is 43.4 Å². The molecule has 0 spiro atoms. The molecule has 1 aliphatic carbocycles. The van der Waals surface area contributed by atoms with Gasteiger partial charge in [0.25, 0.3) is 5.91 Å². The van der Waals surface area contributed by atoms with E-state index < -0.39 is 6.09 Å². The molecule has 1 saturated carbocycles. The van der Waals surface area contributed by atoms with Crippen molar-refractivity contribution in [2.45, 2.75) is 90.4 Å². The molecule has 10 nitrogen and oxygen atoms in total. The SMILES string of the molecule is COCCCOc1cc(C(=O)N(C(C)C)[C@@H]2CC[C@H](CCN(C(=O)C=C(C)C)C3CC3)N(C(=O)O)C2)ccc1OC. The molecule has 1 aliphatic heterocycles. The van der Waals surface area contributed by atoms with Crippen molar-refractivity contribution in [3.63, 3.8) is 0 Å². The fourth-order valence-electron chi connectivity index (χ4n) is 5.53. The van der Waals surface area contributed by atoms with Crippen LogP contribution in [0, 0.1) is 0 Å². The van der Waals surface area contributed by atoms with E-state index >= 15 is 0 Å². The summed E-state index contributed by atoms with van der Waals surface area (Å²) in [5.74, 6) is 0.847. The first-order chi connectivity index (χ1) is 19.6. The zero-order valence-corrected chi connectivity index (χ0v) is 25.4. The van der Waals surface area contributed by atoms with Crippen LogP contribution in [0.1, 0.15) is 76.6 Å². The van der Waals surface area contributed by atoms with Crippen molar-refractivity contribution in [2.24, 2.45) is 0 Å². The molecule has 1 saturated heterocycles. The summed E-state index contributed by atoms with van der Waals surface area (Å²) in [6.45, 7) is 9.44. The molecule has 10 heteroatoms. The molecule has 2 atom stereocenters.